The second-order valence-corrected chi connectivity index (χ2v) is 3.85. The fourth-order valence-electron chi connectivity index (χ4n) is 1.31. The van der Waals surface area contributed by atoms with Crippen LogP contribution in [0, 0.1) is 0 Å². The van der Waals surface area contributed by atoms with Crippen molar-refractivity contribution in [2.75, 3.05) is 26.0 Å². The Bertz CT molecular complexity index is 401. The van der Waals surface area contributed by atoms with Crippen molar-refractivity contribution in [3.8, 4) is 0 Å². The van der Waals surface area contributed by atoms with E-state index in [0.29, 0.717) is 5.69 Å². The van der Waals surface area contributed by atoms with E-state index in [2.05, 4.69) is 5.32 Å². The minimum absolute atomic E-state index is 0.165. The van der Waals surface area contributed by atoms with Crippen molar-refractivity contribution in [3.63, 3.8) is 0 Å². The first-order valence-corrected chi connectivity index (χ1v) is 5.60. The Balaban J connectivity index is 2.37. The van der Waals surface area contributed by atoms with Crippen molar-refractivity contribution in [1.82, 2.24) is 5.32 Å². The SMILES string of the molecule is COCC(O)CNC(=O)/C=C/c1ccc(N)cc1. The van der Waals surface area contributed by atoms with E-state index < -0.39 is 6.10 Å². The van der Waals surface area contributed by atoms with Crippen LogP contribution in [0.1, 0.15) is 5.56 Å². The predicted octanol–water partition coefficient (Wildman–Crippen LogP) is 0.405. The minimum atomic E-state index is -0.691. The van der Waals surface area contributed by atoms with Crippen molar-refractivity contribution in [2.24, 2.45) is 0 Å². The Morgan fingerprint density at radius 1 is 1.50 bits per heavy atom. The lowest BCUT2D eigenvalue weighted by Crippen LogP contribution is -2.33. The van der Waals surface area contributed by atoms with E-state index >= 15 is 0 Å². The highest BCUT2D eigenvalue weighted by Crippen LogP contribution is 2.06. The third-order valence-corrected chi connectivity index (χ3v) is 2.23. The van der Waals surface area contributed by atoms with Crippen LogP contribution in [0.4, 0.5) is 5.69 Å². The summed E-state index contributed by atoms with van der Waals surface area (Å²) >= 11 is 0. The molecule has 1 unspecified atom stereocenters. The lowest BCUT2D eigenvalue weighted by atomic mass is 10.2. The average Bonchev–Trinajstić information content (AvgIpc) is 2.36. The van der Waals surface area contributed by atoms with E-state index in [-0.39, 0.29) is 19.1 Å². The summed E-state index contributed by atoms with van der Waals surface area (Å²) < 4.78 is 4.75. The number of amides is 1. The lowest BCUT2D eigenvalue weighted by Gasteiger charge is -2.08. The first kappa shape index (κ1) is 14.2. The molecule has 5 nitrogen and oxygen atoms in total. The summed E-state index contributed by atoms with van der Waals surface area (Å²) in [6.45, 7) is 0.362. The molecule has 0 aliphatic heterocycles. The van der Waals surface area contributed by atoms with Crippen LogP contribution in [0.15, 0.2) is 30.3 Å². The van der Waals surface area contributed by atoms with Gasteiger partial charge in [0.1, 0.15) is 0 Å². The number of ether oxygens (including phenoxy) is 1. The number of nitrogens with two attached hydrogens (primary N) is 1. The molecule has 0 aromatic heterocycles. The number of hydrogen-bond acceptors (Lipinski definition) is 4. The molecule has 98 valence electrons. The highest BCUT2D eigenvalue weighted by Gasteiger charge is 2.03. The Labute approximate surface area is 106 Å². The summed E-state index contributed by atoms with van der Waals surface area (Å²) in [6, 6.07) is 7.16. The van der Waals surface area contributed by atoms with Gasteiger partial charge in [-0.05, 0) is 23.8 Å². The Morgan fingerprint density at radius 3 is 2.78 bits per heavy atom. The number of rotatable bonds is 6. The van der Waals surface area contributed by atoms with E-state index in [1.807, 2.05) is 12.1 Å². The largest absolute Gasteiger partial charge is 0.399 e. The van der Waals surface area contributed by atoms with E-state index in [4.69, 9.17) is 10.5 Å². The maximum atomic E-state index is 11.4. The third kappa shape index (κ3) is 5.47. The van der Waals surface area contributed by atoms with Gasteiger partial charge in [0.2, 0.25) is 5.91 Å². The van der Waals surface area contributed by atoms with Crippen LogP contribution < -0.4 is 11.1 Å². The number of anilines is 1. The first-order chi connectivity index (χ1) is 8.61. The Morgan fingerprint density at radius 2 is 2.17 bits per heavy atom. The number of nitrogens with one attached hydrogen (secondary N) is 1. The predicted molar refractivity (Wildman–Crippen MR) is 70.8 cm³/mol. The summed E-state index contributed by atoms with van der Waals surface area (Å²) in [5.74, 6) is -0.262. The van der Waals surface area contributed by atoms with Gasteiger partial charge in [0, 0.05) is 25.4 Å². The fraction of sp³-hybridized carbons (Fsp3) is 0.308. The second-order valence-electron chi connectivity index (χ2n) is 3.85. The van der Waals surface area contributed by atoms with Crippen LogP contribution in [-0.2, 0) is 9.53 Å². The van der Waals surface area contributed by atoms with Crippen molar-refractivity contribution >= 4 is 17.7 Å². The molecule has 0 aliphatic carbocycles. The smallest absolute Gasteiger partial charge is 0.244 e. The molecule has 0 aliphatic rings. The summed E-state index contributed by atoms with van der Waals surface area (Å²) in [5.41, 5.74) is 7.11. The summed E-state index contributed by atoms with van der Waals surface area (Å²) in [4.78, 5) is 11.4. The molecule has 0 saturated heterocycles. The van der Waals surface area contributed by atoms with E-state index in [0.717, 1.165) is 5.56 Å². The molecule has 1 rings (SSSR count). The van der Waals surface area contributed by atoms with Crippen LogP contribution in [0.25, 0.3) is 6.08 Å². The summed E-state index contributed by atoms with van der Waals surface area (Å²) in [5, 5.41) is 11.9. The van der Waals surface area contributed by atoms with Gasteiger partial charge in [-0.1, -0.05) is 12.1 Å². The highest BCUT2D eigenvalue weighted by molar-refractivity contribution is 5.91. The molecule has 4 N–H and O–H groups in total. The monoisotopic (exact) mass is 250 g/mol. The lowest BCUT2D eigenvalue weighted by molar-refractivity contribution is -0.117. The molecular weight excluding hydrogens is 232 g/mol. The maximum absolute atomic E-state index is 11.4. The van der Waals surface area contributed by atoms with E-state index in [9.17, 15) is 9.90 Å². The number of carbonyl (C=O) groups is 1. The standard InChI is InChI=1S/C13H18N2O3/c1-18-9-12(16)8-15-13(17)7-4-10-2-5-11(14)6-3-10/h2-7,12,16H,8-9,14H2,1H3,(H,15,17)/b7-4+. The Kier molecular flexibility index (Phi) is 5.90. The zero-order valence-corrected chi connectivity index (χ0v) is 10.3. The average molecular weight is 250 g/mol. The maximum Gasteiger partial charge on any atom is 0.244 e. The molecule has 1 amide bonds. The molecule has 1 atom stereocenters. The minimum Gasteiger partial charge on any atom is -0.399 e. The quantitative estimate of drug-likeness (QED) is 0.504. The summed E-state index contributed by atoms with van der Waals surface area (Å²) in [6.07, 6.45) is 2.39. The Hall–Kier alpha value is -1.85. The number of aliphatic hydroxyl groups is 1. The van der Waals surface area contributed by atoms with Gasteiger partial charge in [0.05, 0.1) is 12.7 Å². The molecule has 1 aromatic rings. The van der Waals surface area contributed by atoms with Gasteiger partial charge in [0.25, 0.3) is 0 Å². The number of aliphatic hydroxyl groups excluding tert-OH is 1. The van der Waals surface area contributed by atoms with Crippen LogP contribution in [0.5, 0.6) is 0 Å². The molecule has 5 heteroatoms. The molecule has 0 spiro atoms. The van der Waals surface area contributed by atoms with Crippen LogP contribution in [0.2, 0.25) is 0 Å². The number of methoxy groups -OCH3 is 1. The van der Waals surface area contributed by atoms with Crippen LogP contribution in [0.3, 0.4) is 0 Å². The molecular formula is C13H18N2O3. The molecule has 0 bridgehead atoms. The van der Waals surface area contributed by atoms with Crippen LogP contribution >= 0.6 is 0 Å². The first-order valence-electron chi connectivity index (χ1n) is 5.60. The van der Waals surface area contributed by atoms with Gasteiger partial charge in [-0.15, -0.1) is 0 Å². The second kappa shape index (κ2) is 7.47. The van der Waals surface area contributed by atoms with E-state index in [1.54, 1.807) is 18.2 Å². The van der Waals surface area contributed by atoms with Crippen LogP contribution in [-0.4, -0.2) is 37.4 Å². The van der Waals surface area contributed by atoms with Crippen molar-refractivity contribution in [2.45, 2.75) is 6.10 Å². The van der Waals surface area contributed by atoms with Crippen molar-refractivity contribution in [3.05, 3.63) is 35.9 Å². The number of hydrogen-bond donors (Lipinski definition) is 3. The zero-order chi connectivity index (χ0) is 13.4. The van der Waals surface area contributed by atoms with Gasteiger partial charge in [-0.3, -0.25) is 4.79 Å². The van der Waals surface area contributed by atoms with Crippen molar-refractivity contribution in [1.29, 1.82) is 0 Å². The molecule has 0 fully saturated rings. The van der Waals surface area contributed by atoms with Gasteiger partial charge >= 0.3 is 0 Å². The number of nitrogen functional groups attached to an aromatic ring is 1. The molecule has 0 radical (unpaired) electrons. The van der Waals surface area contributed by atoms with Gasteiger partial charge in [0.15, 0.2) is 0 Å². The molecule has 0 saturated carbocycles. The molecule has 18 heavy (non-hydrogen) atoms. The third-order valence-electron chi connectivity index (χ3n) is 2.23. The van der Waals surface area contributed by atoms with Crippen molar-refractivity contribution < 1.29 is 14.6 Å². The normalized spacial score (nSPS) is 12.6. The zero-order valence-electron chi connectivity index (χ0n) is 10.3. The van der Waals surface area contributed by atoms with Gasteiger partial charge in [-0.25, -0.2) is 0 Å². The fourth-order valence-corrected chi connectivity index (χ4v) is 1.31. The summed E-state index contributed by atoms with van der Waals surface area (Å²) in [7, 11) is 1.49. The number of carbonyl (C=O) groups excluding carboxylic acids is 1. The number of benzene rings is 1. The topological polar surface area (TPSA) is 84.6 Å². The van der Waals surface area contributed by atoms with E-state index in [1.165, 1.54) is 13.2 Å². The van der Waals surface area contributed by atoms with Gasteiger partial charge in [-0.2, -0.15) is 0 Å². The molecule has 1 aromatic carbocycles. The highest BCUT2D eigenvalue weighted by atomic mass is 16.5. The van der Waals surface area contributed by atoms with Gasteiger partial charge < -0.3 is 20.9 Å². The molecule has 0 heterocycles.